The van der Waals surface area contributed by atoms with Crippen molar-refractivity contribution in [1.29, 1.82) is 0 Å². The van der Waals surface area contributed by atoms with Crippen molar-refractivity contribution in [3.63, 3.8) is 0 Å². The zero-order chi connectivity index (χ0) is 20.1. The summed E-state index contributed by atoms with van der Waals surface area (Å²) >= 11 is 12.5. The number of thioether (sulfide) groups is 1. The molecule has 0 atom stereocenters. The summed E-state index contributed by atoms with van der Waals surface area (Å²) in [5, 5.41) is 9.44. The molecule has 5 nitrogen and oxygen atoms in total. The van der Waals surface area contributed by atoms with E-state index >= 15 is 0 Å². The van der Waals surface area contributed by atoms with Crippen molar-refractivity contribution >= 4 is 57.9 Å². The highest BCUT2D eigenvalue weighted by atomic mass is 35.5. The van der Waals surface area contributed by atoms with E-state index in [1.807, 2.05) is 48.5 Å². The van der Waals surface area contributed by atoms with Gasteiger partial charge < -0.3 is 9.84 Å². The number of carboxylic acid groups (broad SMARTS) is 1. The summed E-state index contributed by atoms with van der Waals surface area (Å²) in [4.78, 5) is 24.9. The van der Waals surface area contributed by atoms with Crippen molar-refractivity contribution in [3.8, 4) is 5.75 Å². The molecule has 0 bridgehead atoms. The maximum absolute atomic E-state index is 12.4. The summed E-state index contributed by atoms with van der Waals surface area (Å²) in [7, 11) is 0. The van der Waals surface area contributed by atoms with Crippen molar-refractivity contribution in [3.05, 3.63) is 69.6 Å². The van der Waals surface area contributed by atoms with E-state index in [1.54, 1.807) is 6.08 Å². The van der Waals surface area contributed by atoms with Crippen LogP contribution in [0.4, 0.5) is 0 Å². The first-order valence-corrected chi connectivity index (χ1v) is 9.98. The number of ether oxygens (including phenoxy) is 1. The van der Waals surface area contributed by atoms with Crippen molar-refractivity contribution in [2.24, 2.45) is 0 Å². The SMILES string of the molecule is O=C(O)CCN1C(=O)/C(=C/c2ccc(OCc3ccccc3Cl)cc2)SC1=S. The number of carbonyl (C=O) groups excluding carboxylic acids is 1. The molecule has 1 aliphatic heterocycles. The first kappa shape index (κ1) is 20.4. The van der Waals surface area contributed by atoms with Crippen LogP contribution >= 0.6 is 35.6 Å². The number of carboxylic acids is 1. The highest BCUT2D eigenvalue weighted by Gasteiger charge is 2.31. The highest BCUT2D eigenvalue weighted by molar-refractivity contribution is 8.26. The molecule has 0 unspecified atom stereocenters. The number of rotatable bonds is 7. The Balaban J connectivity index is 1.63. The largest absolute Gasteiger partial charge is 0.489 e. The lowest BCUT2D eigenvalue weighted by Crippen LogP contribution is -2.30. The maximum atomic E-state index is 12.4. The number of halogens is 1. The number of aliphatic carboxylic acids is 1. The number of hydrogen-bond donors (Lipinski definition) is 1. The molecular weight excluding hydrogens is 418 g/mol. The molecule has 0 aliphatic carbocycles. The van der Waals surface area contributed by atoms with E-state index in [0.717, 1.165) is 11.1 Å². The lowest BCUT2D eigenvalue weighted by Gasteiger charge is -2.12. The van der Waals surface area contributed by atoms with Gasteiger partial charge in [-0.05, 0) is 29.8 Å². The van der Waals surface area contributed by atoms with Crippen molar-refractivity contribution in [2.45, 2.75) is 13.0 Å². The minimum absolute atomic E-state index is 0.0756. The Bertz CT molecular complexity index is 943. The molecule has 2 aromatic rings. The van der Waals surface area contributed by atoms with Crippen LogP contribution in [0.5, 0.6) is 5.75 Å². The Labute approximate surface area is 176 Å². The minimum atomic E-state index is -0.967. The van der Waals surface area contributed by atoms with E-state index in [0.29, 0.717) is 26.6 Å². The standard InChI is InChI=1S/C20H16ClNO4S2/c21-16-4-2-1-3-14(16)12-26-15-7-5-13(6-8-15)11-17-19(25)22(20(27)28-17)10-9-18(23)24/h1-8,11H,9-10,12H2,(H,23,24)/b17-11-. The molecule has 0 radical (unpaired) electrons. The second kappa shape index (κ2) is 9.23. The summed E-state index contributed by atoms with van der Waals surface area (Å²) in [5.41, 5.74) is 1.72. The molecule has 0 spiro atoms. The third-order valence-corrected chi connectivity index (χ3v) is 5.70. The summed E-state index contributed by atoms with van der Waals surface area (Å²) in [5.74, 6) is -0.549. The van der Waals surface area contributed by atoms with Crippen molar-refractivity contribution in [2.75, 3.05) is 6.54 Å². The van der Waals surface area contributed by atoms with Crippen LogP contribution in [0, 0.1) is 0 Å². The van der Waals surface area contributed by atoms with Crippen LogP contribution < -0.4 is 4.74 Å². The molecule has 28 heavy (non-hydrogen) atoms. The summed E-state index contributed by atoms with van der Waals surface area (Å²) < 4.78 is 6.12. The first-order valence-electron chi connectivity index (χ1n) is 8.37. The zero-order valence-corrected chi connectivity index (χ0v) is 17.0. The van der Waals surface area contributed by atoms with Gasteiger partial charge in [0.2, 0.25) is 0 Å². The van der Waals surface area contributed by atoms with Crippen LogP contribution in [0.25, 0.3) is 6.08 Å². The fraction of sp³-hybridized carbons (Fsp3) is 0.150. The van der Waals surface area contributed by atoms with Gasteiger partial charge >= 0.3 is 5.97 Å². The van der Waals surface area contributed by atoms with Crippen LogP contribution in [-0.2, 0) is 16.2 Å². The molecule has 144 valence electrons. The van der Waals surface area contributed by atoms with Crippen LogP contribution in [0.3, 0.4) is 0 Å². The zero-order valence-electron chi connectivity index (χ0n) is 14.6. The van der Waals surface area contributed by atoms with Gasteiger partial charge in [-0.15, -0.1) is 0 Å². The molecule has 0 aromatic heterocycles. The molecule has 1 fully saturated rings. The van der Waals surface area contributed by atoms with Gasteiger partial charge in [-0.1, -0.05) is 65.9 Å². The average molecular weight is 434 g/mol. The molecule has 1 saturated heterocycles. The van der Waals surface area contributed by atoms with Gasteiger partial charge in [0.05, 0.1) is 11.3 Å². The molecule has 1 N–H and O–H groups in total. The Morgan fingerprint density at radius 2 is 1.93 bits per heavy atom. The predicted molar refractivity (Wildman–Crippen MR) is 114 cm³/mol. The first-order chi connectivity index (χ1) is 13.4. The van der Waals surface area contributed by atoms with Gasteiger partial charge in [-0.2, -0.15) is 0 Å². The topological polar surface area (TPSA) is 66.8 Å². The monoisotopic (exact) mass is 433 g/mol. The van der Waals surface area contributed by atoms with Crippen LogP contribution in [-0.4, -0.2) is 32.7 Å². The number of thiocarbonyl (C=S) groups is 1. The number of amides is 1. The van der Waals surface area contributed by atoms with E-state index in [1.165, 1.54) is 16.7 Å². The summed E-state index contributed by atoms with van der Waals surface area (Å²) in [6, 6.07) is 14.8. The summed E-state index contributed by atoms with van der Waals surface area (Å²) in [6.07, 6.45) is 1.59. The normalized spacial score (nSPS) is 15.3. The summed E-state index contributed by atoms with van der Waals surface area (Å²) in [6.45, 7) is 0.438. The van der Waals surface area contributed by atoms with Crippen molar-refractivity contribution < 1.29 is 19.4 Å². The maximum Gasteiger partial charge on any atom is 0.305 e. The quantitative estimate of drug-likeness (QED) is 0.508. The van der Waals surface area contributed by atoms with Gasteiger partial charge in [0.1, 0.15) is 16.7 Å². The molecule has 2 aromatic carbocycles. The number of hydrogen-bond acceptors (Lipinski definition) is 5. The molecule has 1 heterocycles. The van der Waals surface area contributed by atoms with Gasteiger partial charge in [-0.3, -0.25) is 14.5 Å². The van der Waals surface area contributed by atoms with E-state index < -0.39 is 5.97 Å². The predicted octanol–water partition coefficient (Wildman–Crippen LogP) is 4.59. The molecule has 0 saturated carbocycles. The second-order valence-corrected chi connectivity index (χ2v) is 8.01. The van der Waals surface area contributed by atoms with Crippen molar-refractivity contribution in [1.82, 2.24) is 4.90 Å². The van der Waals surface area contributed by atoms with E-state index in [-0.39, 0.29) is 18.9 Å². The average Bonchev–Trinajstić information content (AvgIpc) is 2.93. The Kier molecular flexibility index (Phi) is 6.72. The van der Waals surface area contributed by atoms with E-state index in [9.17, 15) is 9.59 Å². The van der Waals surface area contributed by atoms with Gasteiger partial charge in [0, 0.05) is 17.1 Å². The molecule has 8 heteroatoms. The van der Waals surface area contributed by atoms with E-state index in [2.05, 4.69) is 0 Å². The Morgan fingerprint density at radius 3 is 2.61 bits per heavy atom. The van der Waals surface area contributed by atoms with Gasteiger partial charge in [0.15, 0.2) is 0 Å². The van der Waals surface area contributed by atoms with Gasteiger partial charge in [0.25, 0.3) is 5.91 Å². The van der Waals surface area contributed by atoms with Gasteiger partial charge in [-0.25, -0.2) is 0 Å². The van der Waals surface area contributed by atoms with Crippen LogP contribution in [0.15, 0.2) is 53.4 Å². The minimum Gasteiger partial charge on any atom is -0.489 e. The fourth-order valence-electron chi connectivity index (χ4n) is 2.49. The number of nitrogens with zero attached hydrogens (tertiary/aromatic N) is 1. The molecule has 1 amide bonds. The Hall–Kier alpha value is -2.35. The molecular formula is C20H16ClNO4S2. The molecule has 1 aliphatic rings. The highest BCUT2D eigenvalue weighted by Crippen LogP contribution is 2.32. The van der Waals surface area contributed by atoms with Crippen LogP contribution in [0.1, 0.15) is 17.5 Å². The number of carbonyl (C=O) groups is 2. The molecule has 3 rings (SSSR count). The fourth-order valence-corrected chi connectivity index (χ4v) is 3.99. The second-order valence-electron chi connectivity index (χ2n) is 5.93. The van der Waals surface area contributed by atoms with E-state index in [4.69, 9.17) is 33.7 Å². The van der Waals surface area contributed by atoms with Crippen LogP contribution in [0.2, 0.25) is 5.02 Å². The third-order valence-electron chi connectivity index (χ3n) is 3.95. The smallest absolute Gasteiger partial charge is 0.305 e. The third kappa shape index (κ3) is 5.13. The number of benzene rings is 2. The lowest BCUT2D eigenvalue weighted by atomic mass is 10.2. The Morgan fingerprint density at radius 1 is 1.21 bits per heavy atom. The lowest BCUT2D eigenvalue weighted by molar-refractivity contribution is -0.137.